The molecule has 4 heterocycles. The lowest BCUT2D eigenvalue weighted by Gasteiger charge is -2.15. The van der Waals surface area contributed by atoms with Gasteiger partial charge in [-0.25, -0.2) is 15.0 Å². The molecule has 8 heteroatoms. The highest BCUT2D eigenvalue weighted by atomic mass is 16.5. The lowest BCUT2D eigenvalue weighted by atomic mass is 10.1. The molecule has 0 aromatic carbocycles. The Hall–Kier alpha value is -4.07. The van der Waals surface area contributed by atoms with Gasteiger partial charge in [0.05, 0.1) is 5.69 Å². The number of carbonyl (C=O) groups excluding carboxylic acids is 1. The van der Waals surface area contributed by atoms with Crippen LogP contribution in [0.5, 0.6) is 5.88 Å². The number of hydrogen-bond donors (Lipinski definition) is 2. The van der Waals surface area contributed by atoms with Crippen molar-refractivity contribution >= 4 is 22.8 Å². The van der Waals surface area contributed by atoms with Crippen LogP contribution in [0.15, 0.2) is 61.8 Å². The van der Waals surface area contributed by atoms with Crippen molar-refractivity contribution in [1.29, 1.82) is 0 Å². The number of amides is 1. The number of nitrogens with zero attached hydrogens (tertiary/aromatic N) is 4. The Morgan fingerprint density at radius 1 is 1.19 bits per heavy atom. The summed E-state index contributed by atoms with van der Waals surface area (Å²) in [7, 11) is 0. The topological polar surface area (TPSA) is 106 Å². The molecule has 1 amide bonds. The number of nitrogens with one attached hydrogen (secondary N) is 2. The molecular formula is C24H22N6O2. The summed E-state index contributed by atoms with van der Waals surface area (Å²) >= 11 is 0. The molecule has 0 radical (unpaired) electrons. The first-order chi connectivity index (χ1) is 15.7. The third-order valence-electron chi connectivity index (χ3n) is 5.55. The van der Waals surface area contributed by atoms with E-state index < -0.39 is 0 Å². The summed E-state index contributed by atoms with van der Waals surface area (Å²) in [5.74, 6) is 0.566. The normalized spacial score (nSPS) is 13.9. The van der Waals surface area contributed by atoms with Gasteiger partial charge in [-0.2, -0.15) is 4.98 Å². The number of hydrogen-bond acceptors (Lipinski definition) is 6. The van der Waals surface area contributed by atoms with E-state index in [9.17, 15) is 4.79 Å². The molecule has 0 saturated heterocycles. The molecular weight excluding hydrogens is 404 g/mol. The summed E-state index contributed by atoms with van der Waals surface area (Å²) in [5, 5.41) is 3.68. The van der Waals surface area contributed by atoms with E-state index in [4.69, 9.17) is 4.74 Å². The molecule has 0 atom stereocenters. The number of pyridine rings is 2. The van der Waals surface area contributed by atoms with E-state index >= 15 is 0 Å². The molecule has 0 unspecified atom stereocenters. The van der Waals surface area contributed by atoms with Crippen molar-refractivity contribution in [3.8, 4) is 28.3 Å². The first-order valence-electron chi connectivity index (χ1n) is 10.6. The number of ether oxygens (including phenoxy) is 1. The van der Waals surface area contributed by atoms with E-state index in [0.717, 1.165) is 59.1 Å². The lowest BCUT2D eigenvalue weighted by Crippen LogP contribution is -2.14. The van der Waals surface area contributed by atoms with Crippen LogP contribution in [-0.4, -0.2) is 36.9 Å². The summed E-state index contributed by atoms with van der Waals surface area (Å²) < 4.78 is 6.13. The number of aromatic nitrogens is 5. The Bertz CT molecular complexity index is 1280. The van der Waals surface area contributed by atoms with Gasteiger partial charge in [-0.05, 0) is 55.5 Å². The number of aromatic amines is 1. The van der Waals surface area contributed by atoms with Gasteiger partial charge in [-0.1, -0.05) is 6.58 Å². The fraction of sp³-hybridized carbons (Fsp3) is 0.208. The van der Waals surface area contributed by atoms with Crippen LogP contribution in [0.4, 0.5) is 5.82 Å². The Kier molecular flexibility index (Phi) is 5.33. The van der Waals surface area contributed by atoms with Crippen molar-refractivity contribution in [3.63, 3.8) is 0 Å². The Labute approximate surface area is 184 Å². The number of anilines is 1. The third-order valence-corrected chi connectivity index (χ3v) is 5.55. The average Bonchev–Trinajstić information content (AvgIpc) is 3.48. The highest BCUT2D eigenvalue weighted by Gasteiger charge is 2.18. The predicted molar refractivity (Wildman–Crippen MR) is 122 cm³/mol. The number of carbonyl (C=O) groups is 1. The summed E-state index contributed by atoms with van der Waals surface area (Å²) in [6.07, 6.45) is 12.6. The van der Waals surface area contributed by atoms with E-state index in [1.54, 1.807) is 12.4 Å². The minimum absolute atomic E-state index is 0.148. The number of fused-ring (bicyclic) bond motifs is 1. The molecule has 0 spiro atoms. The van der Waals surface area contributed by atoms with Gasteiger partial charge in [-0.3, -0.25) is 4.79 Å². The third kappa shape index (κ3) is 4.07. The molecule has 4 aromatic heterocycles. The van der Waals surface area contributed by atoms with Gasteiger partial charge < -0.3 is 15.0 Å². The van der Waals surface area contributed by atoms with Crippen molar-refractivity contribution in [2.75, 3.05) is 5.32 Å². The van der Waals surface area contributed by atoms with Crippen molar-refractivity contribution in [2.45, 2.75) is 31.8 Å². The fourth-order valence-corrected chi connectivity index (χ4v) is 3.97. The van der Waals surface area contributed by atoms with E-state index in [2.05, 4.69) is 36.8 Å². The maximum atomic E-state index is 11.9. The van der Waals surface area contributed by atoms with Crippen molar-refractivity contribution in [3.05, 3.63) is 61.8 Å². The molecule has 8 nitrogen and oxygen atoms in total. The van der Waals surface area contributed by atoms with E-state index in [1.165, 1.54) is 12.4 Å². The predicted octanol–water partition coefficient (Wildman–Crippen LogP) is 4.53. The van der Waals surface area contributed by atoms with Crippen molar-refractivity contribution in [2.24, 2.45) is 0 Å². The minimum Gasteiger partial charge on any atom is -0.474 e. The van der Waals surface area contributed by atoms with Crippen LogP contribution in [0.25, 0.3) is 33.4 Å². The molecule has 5 rings (SSSR count). The molecule has 1 saturated carbocycles. The molecule has 0 bridgehead atoms. The number of H-pyrrole nitrogens is 1. The zero-order valence-electron chi connectivity index (χ0n) is 17.4. The SMILES string of the molecule is C=CC(=O)Nc1cc(-c2cnc3[nH]cc(-c4ccncn4)c3c2)cc(OC2CCCC2)n1. The highest BCUT2D eigenvalue weighted by Crippen LogP contribution is 2.33. The van der Waals surface area contributed by atoms with Crippen LogP contribution in [0.3, 0.4) is 0 Å². The average molecular weight is 426 g/mol. The molecule has 32 heavy (non-hydrogen) atoms. The van der Waals surface area contributed by atoms with Gasteiger partial charge in [0.2, 0.25) is 11.8 Å². The summed E-state index contributed by atoms with van der Waals surface area (Å²) in [6.45, 7) is 3.51. The van der Waals surface area contributed by atoms with Crippen molar-refractivity contribution in [1.82, 2.24) is 24.9 Å². The van der Waals surface area contributed by atoms with Crippen LogP contribution in [0.2, 0.25) is 0 Å². The second kappa shape index (κ2) is 8.58. The van der Waals surface area contributed by atoms with E-state index in [0.29, 0.717) is 11.7 Å². The van der Waals surface area contributed by atoms with E-state index in [1.807, 2.05) is 30.5 Å². The van der Waals surface area contributed by atoms with Crippen LogP contribution in [-0.2, 0) is 4.79 Å². The second-order valence-electron chi connectivity index (χ2n) is 7.71. The largest absolute Gasteiger partial charge is 0.474 e. The number of rotatable bonds is 6. The van der Waals surface area contributed by atoms with Crippen LogP contribution >= 0.6 is 0 Å². The van der Waals surface area contributed by atoms with Crippen LogP contribution in [0, 0.1) is 0 Å². The lowest BCUT2D eigenvalue weighted by molar-refractivity contribution is -0.111. The zero-order valence-corrected chi connectivity index (χ0v) is 17.4. The summed E-state index contributed by atoms with van der Waals surface area (Å²) in [4.78, 5) is 32.5. The molecule has 0 aliphatic heterocycles. The van der Waals surface area contributed by atoms with Gasteiger partial charge >= 0.3 is 0 Å². The van der Waals surface area contributed by atoms with Gasteiger partial charge in [0.15, 0.2) is 0 Å². The zero-order chi connectivity index (χ0) is 21.9. The maximum Gasteiger partial charge on any atom is 0.248 e. The van der Waals surface area contributed by atoms with Gasteiger partial charge in [0.1, 0.15) is 23.9 Å². The van der Waals surface area contributed by atoms with Gasteiger partial charge in [-0.15, -0.1) is 0 Å². The smallest absolute Gasteiger partial charge is 0.248 e. The first-order valence-corrected chi connectivity index (χ1v) is 10.6. The van der Waals surface area contributed by atoms with Gasteiger partial charge in [0.25, 0.3) is 0 Å². The molecule has 160 valence electrons. The quantitative estimate of drug-likeness (QED) is 0.439. The Morgan fingerprint density at radius 3 is 2.84 bits per heavy atom. The summed E-state index contributed by atoms with van der Waals surface area (Å²) in [6, 6.07) is 7.60. The summed E-state index contributed by atoms with van der Waals surface area (Å²) in [5.41, 5.74) is 4.23. The Balaban J connectivity index is 1.56. The second-order valence-corrected chi connectivity index (χ2v) is 7.71. The van der Waals surface area contributed by atoms with Crippen LogP contribution < -0.4 is 10.1 Å². The molecule has 1 aliphatic rings. The van der Waals surface area contributed by atoms with Crippen LogP contribution in [0.1, 0.15) is 25.7 Å². The molecule has 1 aliphatic carbocycles. The van der Waals surface area contributed by atoms with Crippen molar-refractivity contribution < 1.29 is 9.53 Å². The highest BCUT2D eigenvalue weighted by molar-refractivity contribution is 5.99. The van der Waals surface area contributed by atoms with E-state index in [-0.39, 0.29) is 12.0 Å². The fourth-order valence-electron chi connectivity index (χ4n) is 3.97. The first kappa shape index (κ1) is 19.9. The monoisotopic (exact) mass is 426 g/mol. The molecule has 2 N–H and O–H groups in total. The maximum absolute atomic E-state index is 11.9. The minimum atomic E-state index is -0.327. The van der Waals surface area contributed by atoms with Gasteiger partial charge in [0, 0.05) is 41.2 Å². The standard InChI is InChI=1S/C24H22N6O2/c1-2-22(31)29-21-10-15(11-23(30-21)32-17-5-3-4-6-17)16-9-18-19(13-27-24(18)26-12-16)20-7-8-25-14-28-20/h2,7-14,17H,1,3-6H2,(H,26,27)(H,29,30,31). The molecule has 4 aromatic rings. The molecule has 1 fully saturated rings. The Morgan fingerprint density at radius 2 is 2.06 bits per heavy atom.